The van der Waals surface area contributed by atoms with E-state index in [4.69, 9.17) is 5.84 Å². The lowest BCUT2D eigenvalue weighted by Crippen LogP contribution is -2.35. The molecule has 0 unspecified atom stereocenters. The first-order valence-corrected chi connectivity index (χ1v) is 9.64. The number of aromatic nitrogens is 2. The van der Waals surface area contributed by atoms with Crippen molar-refractivity contribution in [1.29, 1.82) is 0 Å². The fraction of sp³-hybridized carbons (Fsp3) is 0.474. The van der Waals surface area contributed by atoms with E-state index < -0.39 is 0 Å². The Hall–Kier alpha value is -1.82. The first kappa shape index (κ1) is 18.0. The van der Waals surface area contributed by atoms with Crippen LogP contribution in [0.5, 0.6) is 0 Å². The van der Waals surface area contributed by atoms with E-state index in [0.29, 0.717) is 18.1 Å². The fourth-order valence-corrected chi connectivity index (χ4v) is 3.82. The van der Waals surface area contributed by atoms with Crippen molar-refractivity contribution in [3.63, 3.8) is 0 Å². The first-order chi connectivity index (χ1) is 12.0. The highest BCUT2D eigenvalue weighted by Gasteiger charge is 2.24. The number of benzene rings is 1. The molecular formula is C19H26BrN5. The molecule has 0 amide bonds. The summed E-state index contributed by atoms with van der Waals surface area (Å²) < 4.78 is 2.75. The van der Waals surface area contributed by atoms with Crippen LogP contribution in [0.2, 0.25) is 0 Å². The Morgan fingerprint density at radius 2 is 2.00 bits per heavy atom. The van der Waals surface area contributed by atoms with Crippen LogP contribution >= 0.6 is 15.9 Å². The first-order valence-electron chi connectivity index (χ1n) is 8.84. The van der Waals surface area contributed by atoms with Gasteiger partial charge in [0.15, 0.2) is 0 Å². The van der Waals surface area contributed by atoms with Gasteiger partial charge in [-0.1, -0.05) is 15.9 Å². The molecule has 1 saturated heterocycles. The zero-order chi connectivity index (χ0) is 18.0. The Labute approximate surface area is 157 Å². The molecule has 1 aromatic heterocycles. The summed E-state index contributed by atoms with van der Waals surface area (Å²) in [6.45, 7) is 9.00. The third kappa shape index (κ3) is 3.89. The molecule has 134 valence electrons. The molecule has 5 nitrogen and oxygen atoms in total. The van der Waals surface area contributed by atoms with E-state index in [1.165, 1.54) is 17.7 Å². The molecule has 0 spiro atoms. The van der Waals surface area contributed by atoms with Crippen LogP contribution < -0.4 is 16.4 Å². The van der Waals surface area contributed by atoms with E-state index in [2.05, 4.69) is 68.9 Å². The molecule has 2 N–H and O–H groups in total. The summed E-state index contributed by atoms with van der Waals surface area (Å²) in [5.41, 5.74) is 5.29. The largest absolute Gasteiger partial charge is 0.371 e. The minimum absolute atomic E-state index is 0.615. The van der Waals surface area contributed by atoms with Crippen molar-refractivity contribution in [2.24, 2.45) is 10.9 Å². The molecule has 0 aliphatic carbocycles. The maximum Gasteiger partial charge on any atom is 0.243 e. The summed E-state index contributed by atoms with van der Waals surface area (Å²) in [7, 11) is 0. The zero-order valence-electron chi connectivity index (χ0n) is 15.2. The van der Waals surface area contributed by atoms with Crippen LogP contribution in [0.25, 0.3) is 0 Å². The van der Waals surface area contributed by atoms with E-state index in [1.807, 2.05) is 6.92 Å². The highest BCUT2D eigenvalue weighted by atomic mass is 79.9. The molecule has 0 bridgehead atoms. The number of halogens is 1. The second kappa shape index (κ2) is 7.60. The number of aryl methyl sites for hydroxylation is 1. The van der Waals surface area contributed by atoms with Gasteiger partial charge in [-0.15, -0.1) is 0 Å². The van der Waals surface area contributed by atoms with Gasteiger partial charge in [-0.2, -0.15) is 0 Å². The normalized spacial score (nSPS) is 18.2. The van der Waals surface area contributed by atoms with Gasteiger partial charge >= 0.3 is 0 Å². The van der Waals surface area contributed by atoms with E-state index in [-0.39, 0.29) is 0 Å². The molecule has 1 aliphatic rings. The van der Waals surface area contributed by atoms with Crippen LogP contribution in [0.3, 0.4) is 0 Å². The van der Waals surface area contributed by atoms with Gasteiger partial charge in [0.05, 0.1) is 0 Å². The van der Waals surface area contributed by atoms with Crippen molar-refractivity contribution in [3.8, 4) is 0 Å². The summed E-state index contributed by atoms with van der Waals surface area (Å²) in [5, 5.41) is 0. The number of hydrogen-bond acceptors (Lipinski definition) is 4. The second-order valence-electron chi connectivity index (χ2n) is 6.69. The molecule has 0 radical (unpaired) electrons. The Kier molecular flexibility index (Phi) is 5.47. The third-order valence-corrected chi connectivity index (χ3v) is 5.52. The molecular weight excluding hydrogens is 378 g/mol. The predicted molar refractivity (Wildman–Crippen MR) is 106 cm³/mol. The van der Waals surface area contributed by atoms with Crippen molar-refractivity contribution in [3.05, 3.63) is 51.3 Å². The van der Waals surface area contributed by atoms with E-state index in [9.17, 15) is 0 Å². The minimum Gasteiger partial charge on any atom is -0.371 e. The maximum absolute atomic E-state index is 6.19. The highest BCUT2D eigenvalue weighted by Crippen LogP contribution is 2.28. The molecule has 0 saturated carbocycles. The van der Waals surface area contributed by atoms with E-state index in [0.717, 1.165) is 35.4 Å². The maximum atomic E-state index is 6.19. The lowest BCUT2D eigenvalue weighted by molar-refractivity contribution is 0.573. The van der Waals surface area contributed by atoms with Crippen molar-refractivity contribution >= 4 is 21.6 Å². The molecule has 1 aromatic carbocycles. The average Bonchev–Trinajstić information content (AvgIpc) is 3.06. The van der Waals surface area contributed by atoms with Crippen LogP contribution in [-0.2, 0) is 6.42 Å². The van der Waals surface area contributed by atoms with E-state index in [1.54, 1.807) is 4.68 Å². The topological polar surface area (TPSA) is 59.4 Å². The van der Waals surface area contributed by atoms with Gasteiger partial charge in [-0.05, 0) is 69.4 Å². The quantitative estimate of drug-likeness (QED) is 0.798. The number of nitrogens with two attached hydrogens (primary N) is 1. The summed E-state index contributed by atoms with van der Waals surface area (Å²) in [6, 6.07) is 8.57. The van der Waals surface area contributed by atoms with E-state index >= 15 is 0 Å². The van der Waals surface area contributed by atoms with Gasteiger partial charge in [-0.25, -0.2) is 14.7 Å². The number of rotatable bonds is 4. The van der Waals surface area contributed by atoms with Crippen LogP contribution in [0.1, 0.15) is 30.3 Å². The molecule has 1 fully saturated rings. The van der Waals surface area contributed by atoms with Gasteiger partial charge in [0.25, 0.3) is 0 Å². The van der Waals surface area contributed by atoms with Crippen molar-refractivity contribution in [2.75, 3.05) is 30.4 Å². The Bertz CT molecular complexity index is 810. The molecule has 1 aliphatic heterocycles. The van der Waals surface area contributed by atoms with Gasteiger partial charge in [0, 0.05) is 41.2 Å². The molecule has 2 aromatic rings. The predicted octanol–water partition coefficient (Wildman–Crippen LogP) is 2.97. The standard InChI is InChI=1S/C19H26BrN5/c1-4-22-19-23-13(2)18(14(3)25(19)21)11-15-9-10-24(12-15)17-7-5-16(20)6-8-17/h5-8,15H,4,9-12,21H2,1-3H3/t15-/m0/s1. The summed E-state index contributed by atoms with van der Waals surface area (Å²) in [4.78, 5) is 11.4. The summed E-state index contributed by atoms with van der Waals surface area (Å²) >= 11 is 3.50. The summed E-state index contributed by atoms with van der Waals surface area (Å²) in [5.74, 6) is 6.81. The molecule has 2 heterocycles. The highest BCUT2D eigenvalue weighted by molar-refractivity contribution is 9.10. The van der Waals surface area contributed by atoms with Gasteiger partial charge in [0.1, 0.15) is 0 Å². The lowest BCUT2D eigenvalue weighted by atomic mass is 9.96. The Balaban J connectivity index is 1.77. The zero-order valence-corrected chi connectivity index (χ0v) is 16.8. The van der Waals surface area contributed by atoms with Crippen LogP contribution in [0.4, 0.5) is 5.69 Å². The van der Waals surface area contributed by atoms with Crippen LogP contribution in [0.15, 0.2) is 33.7 Å². The average molecular weight is 404 g/mol. The van der Waals surface area contributed by atoms with Crippen LogP contribution in [0, 0.1) is 19.8 Å². The minimum atomic E-state index is 0.615. The van der Waals surface area contributed by atoms with Crippen molar-refractivity contribution in [1.82, 2.24) is 9.66 Å². The monoisotopic (exact) mass is 403 g/mol. The molecule has 25 heavy (non-hydrogen) atoms. The van der Waals surface area contributed by atoms with Gasteiger partial charge in [0.2, 0.25) is 5.62 Å². The number of nitrogens with zero attached hydrogens (tertiary/aromatic N) is 4. The van der Waals surface area contributed by atoms with Crippen molar-refractivity contribution in [2.45, 2.75) is 33.6 Å². The lowest BCUT2D eigenvalue weighted by Gasteiger charge is -2.20. The number of hydrogen-bond donors (Lipinski definition) is 1. The molecule has 3 rings (SSSR count). The Morgan fingerprint density at radius 1 is 1.28 bits per heavy atom. The van der Waals surface area contributed by atoms with Crippen LogP contribution in [-0.4, -0.2) is 29.3 Å². The number of nitrogen functional groups attached to an aromatic ring is 1. The molecule has 6 heteroatoms. The van der Waals surface area contributed by atoms with Gasteiger partial charge < -0.3 is 10.7 Å². The second-order valence-corrected chi connectivity index (χ2v) is 7.60. The Morgan fingerprint density at radius 3 is 2.68 bits per heavy atom. The third-order valence-electron chi connectivity index (χ3n) is 4.99. The smallest absolute Gasteiger partial charge is 0.243 e. The fourth-order valence-electron chi connectivity index (χ4n) is 3.55. The number of anilines is 1. The SMILES string of the molecule is CCN=c1nc(C)c(C[C@@H]2CCN(c3ccc(Br)cc3)C2)c(C)n1N. The van der Waals surface area contributed by atoms with Gasteiger partial charge in [-0.3, -0.25) is 0 Å². The van der Waals surface area contributed by atoms with Crippen molar-refractivity contribution < 1.29 is 0 Å². The molecule has 1 atom stereocenters. The summed E-state index contributed by atoms with van der Waals surface area (Å²) in [6.07, 6.45) is 2.21.